The molecule has 0 aliphatic heterocycles. The molecule has 0 bridgehead atoms. The molecule has 0 saturated heterocycles. The Morgan fingerprint density at radius 3 is 2.64 bits per heavy atom. The summed E-state index contributed by atoms with van der Waals surface area (Å²) in [7, 11) is 0. The molecular weight excluding hydrogens is 194 g/mol. The van der Waals surface area contributed by atoms with Crippen LogP contribution >= 0.6 is 11.9 Å². The van der Waals surface area contributed by atoms with Crippen LogP contribution in [0.2, 0.25) is 0 Å². The van der Waals surface area contributed by atoms with Crippen molar-refractivity contribution >= 4 is 28.8 Å². The minimum absolute atomic E-state index is 0.951. The van der Waals surface area contributed by atoms with Gasteiger partial charge in [0.25, 0.3) is 0 Å². The van der Waals surface area contributed by atoms with Gasteiger partial charge < -0.3 is 0 Å². The van der Waals surface area contributed by atoms with Gasteiger partial charge in [-0.15, -0.1) is 4.40 Å². The zero-order chi connectivity index (χ0) is 9.80. The largest absolute Gasteiger partial charge is 0.247 e. The molecule has 0 N–H and O–H groups in total. The fraction of sp³-hybridized carbons (Fsp3) is 0. The van der Waals surface area contributed by atoms with Crippen molar-refractivity contribution in [3.8, 4) is 0 Å². The van der Waals surface area contributed by atoms with Gasteiger partial charge in [-0.1, -0.05) is 30.3 Å². The molecule has 2 aromatic rings. The molecular formula is C11H7NOS. The molecule has 0 fully saturated rings. The topological polar surface area (TPSA) is 29.4 Å². The minimum atomic E-state index is 0.951. The molecule has 0 aliphatic carbocycles. The number of carbonyl (C=O) groups excluding carboxylic acids is 1. The molecule has 2 nitrogen and oxygen atoms in total. The van der Waals surface area contributed by atoms with E-state index in [1.54, 1.807) is 0 Å². The summed E-state index contributed by atoms with van der Waals surface area (Å²) < 4.78 is 3.46. The summed E-state index contributed by atoms with van der Waals surface area (Å²) in [6.07, 6.45) is 1.50. The van der Waals surface area contributed by atoms with Gasteiger partial charge in [0.2, 0.25) is 6.08 Å². The van der Waals surface area contributed by atoms with Crippen LogP contribution in [0.25, 0.3) is 10.8 Å². The van der Waals surface area contributed by atoms with Gasteiger partial charge in [0.05, 0.1) is 0 Å². The van der Waals surface area contributed by atoms with E-state index in [9.17, 15) is 4.79 Å². The highest BCUT2D eigenvalue weighted by atomic mass is 32.2. The van der Waals surface area contributed by atoms with Crippen molar-refractivity contribution in [3.05, 3.63) is 42.5 Å². The maximum atomic E-state index is 9.93. The van der Waals surface area contributed by atoms with Crippen molar-refractivity contribution in [2.24, 2.45) is 4.40 Å². The van der Waals surface area contributed by atoms with Crippen molar-refractivity contribution in [3.63, 3.8) is 0 Å². The lowest BCUT2D eigenvalue weighted by molar-refractivity contribution is 0.566. The summed E-state index contributed by atoms with van der Waals surface area (Å²) in [5.74, 6) is 0. The highest BCUT2D eigenvalue weighted by molar-refractivity contribution is 7.98. The molecule has 2 aromatic carbocycles. The molecule has 0 aliphatic rings. The van der Waals surface area contributed by atoms with Crippen LogP contribution in [0, 0.1) is 0 Å². The predicted molar refractivity (Wildman–Crippen MR) is 57.9 cm³/mol. The van der Waals surface area contributed by atoms with E-state index in [2.05, 4.69) is 4.40 Å². The first-order chi connectivity index (χ1) is 6.90. The number of benzene rings is 2. The van der Waals surface area contributed by atoms with Gasteiger partial charge >= 0.3 is 0 Å². The molecule has 0 heterocycles. The van der Waals surface area contributed by atoms with E-state index < -0.39 is 0 Å². The molecule has 2 rings (SSSR count). The van der Waals surface area contributed by atoms with Crippen LogP contribution in [-0.2, 0) is 4.79 Å². The molecule has 0 aromatic heterocycles. The van der Waals surface area contributed by atoms with Gasteiger partial charge in [-0.25, -0.2) is 4.79 Å². The smallest absolute Gasteiger partial charge is 0.210 e. The van der Waals surface area contributed by atoms with Crippen LogP contribution in [-0.4, -0.2) is 6.08 Å². The average Bonchev–Trinajstić information content (AvgIpc) is 2.26. The lowest BCUT2D eigenvalue weighted by Gasteiger charge is -1.98. The van der Waals surface area contributed by atoms with Crippen LogP contribution < -0.4 is 0 Å². The van der Waals surface area contributed by atoms with Crippen molar-refractivity contribution in [1.82, 2.24) is 0 Å². The monoisotopic (exact) mass is 201 g/mol. The summed E-state index contributed by atoms with van der Waals surface area (Å²) in [6, 6.07) is 14.0. The highest BCUT2D eigenvalue weighted by Gasteiger charge is 1.95. The first kappa shape index (κ1) is 9.00. The maximum absolute atomic E-state index is 9.93. The third-order valence-corrected chi connectivity index (χ3v) is 2.54. The number of fused-ring (bicyclic) bond motifs is 1. The Balaban J connectivity index is 2.45. The Labute approximate surface area is 85.8 Å². The normalized spacial score (nSPS) is 9.71. The van der Waals surface area contributed by atoms with E-state index in [-0.39, 0.29) is 0 Å². The molecule has 14 heavy (non-hydrogen) atoms. The lowest BCUT2D eigenvalue weighted by atomic mass is 10.1. The van der Waals surface area contributed by atoms with Crippen molar-refractivity contribution < 1.29 is 4.79 Å². The second-order valence-corrected chi connectivity index (χ2v) is 3.62. The molecule has 0 radical (unpaired) electrons. The van der Waals surface area contributed by atoms with E-state index in [1.165, 1.54) is 11.5 Å². The number of rotatable bonds is 2. The van der Waals surface area contributed by atoms with Crippen molar-refractivity contribution in [2.45, 2.75) is 4.90 Å². The fourth-order valence-electron chi connectivity index (χ4n) is 1.30. The Morgan fingerprint density at radius 1 is 1.07 bits per heavy atom. The fourth-order valence-corrected chi connectivity index (χ4v) is 1.75. The number of isocyanates is 1. The van der Waals surface area contributed by atoms with Crippen molar-refractivity contribution in [1.29, 1.82) is 0 Å². The molecule has 0 atom stereocenters. The Kier molecular flexibility index (Phi) is 2.63. The second kappa shape index (κ2) is 4.09. The van der Waals surface area contributed by atoms with Crippen LogP contribution in [0.1, 0.15) is 0 Å². The number of hydrogen-bond donors (Lipinski definition) is 0. The predicted octanol–water partition coefficient (Wildman–Crippen LogP) is 3.18. The van der Waals surface area contributed by atoms with Crippen molar-refractivity contribution in [2.75, 3.05) is 0 Å². The standard InChI is InChI=1S/C11H7NOS/c13-8-12-14-11-6-5-9-3-1-2-4-10(9)7-11/h1-7H. The van der Waals surface area contributed by atoms with E-state index in [0.717, 1.165) is 22.2 Å². The number of nitrogens with zero attached hydrogens (tertiary/aromatic N) is 1. The first-order valence-electron chi connectivity index (χ1n) is 4.13. The minimum Gasteiger partial charge on any atom is -0.210 e. The van der Waals surface area contributed by atoms with E-state index >= 15 is 0 Å². The van der Waals surface area contributed by atoms with Gasteiger partial charge in [-0.2, -0.15) is 0 Å². The Hall–Kier alpha value is -1.57. The van der Waals surface area contributed by atoms with Gasteiger partial charge in [0, 0.05) is 16.8 Å². The summed E-state index contributed by atoms with van der Waals surface area (Å²) in [4.78, 5) is 10.9. The summed E-state index contributed by atoms with van der Waals surface area (Å²) in [6.45, 7) is 0. The summed E-state index contributed by atoms with van der Waals surface area (Å²) >= 11 is 1.14. The van der Waals surface area contributed by atoms with E-state index in [4.69, 9.17) is 0 Å². The Morgan fingerprint density at radius 2 is 1.86 bits per heavy atom. The van der Waals surface area contributed by atoms with Gasteiger partial charge in [0.15, 0.2) is 0 Å². The van der Waals surface area contributed by atoms with Crippen LogP contribution in [0.15, 0.2) is 51.8 Å². The third-order valence-electron chi connectivity index (χ3n) is 1.91. The zero-order valence-electron chi connectivity index (χ0n) is 7.31. The molecule has 0 unspecified atom stereocenters. The highest BCUT2D eigenvalue weighted by Crippen LogP contribution is 2.23. The van der Waals surface area contributed by atoms with Gasteiger partial charge in [0.1, 0.15) is 0 Å². The quantitative estimate of drug-likeness (QED) is 0.424. The van der Waals surface area contributed by atoms with E-state index in [0.29, 0.717) is 0 Å². The average molecular weight is 201 g/mol. The third kappa shape index (κ3) is 1.84. The molecule has 0 spiro atoms. The van der Waals surface area contributed by atoms with E-state index in [1.807, 2.05) is 42.5 Å². The molecule has 3 heteroatoms. The Bertz CT molecular complexity index is 503. The molecule has 68 valence electrons. The van der Waals surface area contributed by atoms with Crippen LogP contribution in [0.4, 0.5) is 0 Å². The van der Waals surface area contributed by atoms with Crippen LogP contribution in [0.3, 0.4) is 0 Å². The summed E-state index contributed by atoms with van der Waals surface area (Å²) in [5, 5.41) is 2.34. The lowest BCUT2D eigenvalue weighted by Crippen LogP contribution is -1.72. The molecule has 0 amide bonds. The van der Waals surface area contributed by atoms with Crippen LogP contribution in [0.5, 0.6) is 0 Å². The second-order valence-electron chi connectivity index (χ2n) is 2.78. The summed E-state index contributed by atoms with van der Waals surface area (Å²) in [5.41, 5.74) is 0. The van der Waals surface area contributed by atoms with Gasteiger partial charge in [-0.05, 0) is 22.9 Å². The first-order valence-corrected chi connectivity index (χ1v) is 4.90. The maximum Gasteiger partial charge on any atom is 0.247 e. The molecule has 0 saturated carbocycles. The van der Waals surface area contributed by atoms with Gasteiger partial charge in [-0.3, -0.25) is 0 Å². The zero-order valence-corrected chi connectivity index (χ0v) is 8.12. The SMILES string of the molecule is O=C=NSc1ccc2ccccc2c1. The number of hydrogen-bond acceptors (Lipinski definition) is 3.